The molecule has 0 saturated heterocycles. The highest BCUT2D eigenvalue weighted by molar-refractivity contribution is 5.98. The van der Waals surface area contributed by atoms with Gasteiger partial charge in [-0.15, -0.1) is 12.4 Å². The fourth-order valence-electron chi connectivity index (χ4n) is 1.89. The predicted octanol–water partition coefficient (Wildman–Crippen LogP) is 2.86. The van der Waals surface area contributed by atoms with E-state index in [9.17, 15) is 22.8 Å². The van der Waals surface area contributed by atoms with Crippen molar-refractivity contribution in [1.82, 2.24) is 5.32 Å². The van der Waals surface area contributed by atoms with Crippen molar-refractivity contribution >= 4 is 29.9 Å². The maximum absolute atomic E-state index is 12.0. The number of nitrogens with two attached hydrogens (primary N) is 1. The van der Waals surface area contributed by atoms with Crippen LogP contribution in [-0.4, -0.2) is 30.1 Å². The number of amides is 2. The molecular weight excluding hydrogens is 347 g/mol. The molecule has 0 spiro atoms. The average Bonchev–Trinajstić information content (AvgIpc) is 2.44. The summed E-state index contributed by atoms with van der Waals surface area (Å²) in [6, 6.07) is 5.52. The Kier molecular flexibility index (Phi) is 8.22. The van der Waals surface area contributed by atoms with E-state index in [1.807, 2.05) is 6.92 Å². The van der Waals surface area contributed by atoms with E-state index in [2.05, 4.69) is 5.32 Å². The molecule has 2 amide bonds. The summed E-state index contributed by atoms with van der Waals surface area (Å²) in [7, 11) is 0. The first-order chi connectivity index (χ1) is 10.5. The van der Waals surface area contributed by atoms with E-state index in [4.69, 9.17) is 5.73 Å². The number of nitrogens with one attached hydrogen (secondary N) is 2. The standard InChI is InChI=1S/C15H20F3N3O2.ClH/c1-3-8-14(2,19)13(23)21-11-6-4-10(5-7-11)12(22)20-9-15(16,17)18;/h4-7H,3,8-9,19H2,1-2H3,(H,20,22)(H,21,23);1H. The summed E-state index contributed by atoms with van der Waals surface area (Å²) in [6.45, 7) is 2.13. The molecule has 0 aliphatic carbocycles. The molecule has 1 unspecified atom stereocenters. The number of benzene rings is 1. The fraction of sp³-hybridized carbons (Fsp3) is 0.467. The first kappa shape index (κ1) is 22.2. The van der Waals surface area contributed by atoms with Gasteiger partial charge in [-0.2, -0.15) is 13.2 Å². The van der Waals surface area contributed by atoms with Gasteiger partial charge in [0, 0.05) is 11.3 Å². The highest BCUT2D eigenvalue weighted by Crippen LogP contribution is 2.16. The van der Waals surface area contributed by atoms with Gasteiger partial charge in [-0.3, -0.25) is 9.59 Å². The molecule has 1 aromatic rings. The normalized spacial score (nSPS) is 13.4. The number of rotatable bonds is 6. The number of hydrogen-bond donors (Lipinski definition) is 3. The van der Waals surface area contributed by atoms with Gasteiger partial charge >= 0.3 is 6.18 Å². The molecule has 1 atom stereocenters. The summed E-state index contributed by atoms with van der Waals surface area (Å²) >= 11 is 0. The van der Waals surface area contributed by atoms with E-state index >= 15 is 0 Å². The van der Waals surface area contributed by atoms with E-state index < -0.39 is 24.2 Å². The molecule has 1 rings (SSSR count). The number of alkyl halides is 3. The Morgan fingerprint density at radius 1 is 1.17 bits per heavy atom. The van der Waals surface area contributed by atoms with Gasteiger partial charge < -0.3 is 16.4 Å². The van der Waals surface area contributed by atoms with Gasteiger partial charge in [0.05, 0.1) is 5.54 Å². The van der Waals surface area contributed by atoms with Crippen molar-refractivity contribution in [1.29, 1.82) is 0 Å². The minimum absolute atomic E-state index is 0. The van der Waals surface area contributed by atoms with E-state index in [1.165, 1.54) is 24.3 Å². The molecule has 5 nitrogen and oxygen atoms in total. The summed E-state index contributed by atoms with van der Waals surface area (Å²) in [5, 5.41) is 4.38. The average molecular weight is 368 g/mol. The Bertz CT molecular complexity index is 560. The molecular formula is C15H21ClF3N3O2. The van der Waals surface area contributed by atoms with Gasteiger partial charge in [-0.25, -0.2) is 0 Å². The van der Waals surface area contributed by atoms with Crippen LogP contribution in [0.15, 0.2) is 24.3 Å². The van der Waals surface area contributed by atoms with Crippen molar-refractivity contribution in [2.75, 3.05) is 11.9 Å². The first-order valence-electron chi connectivity index (χ1n) is 7.10. The van der Waals surface area contributed by atoms with Crippen LogP contribution < -0.4 is 16.4 Å². The number of anilines is 1. The third kappa shape index (κ3) is 7.18. The van der Waals surface area contributed by atoms with Crippen molar-refractivity contribution in [2.24, 2.45) is 5.73 Å². The van der Waals surface area contributed by atoms with E-state index in [1.54, 1.807) is 12.2 Å². The molecule has 0 fully saturated rings. The molecule has 0 aromatic heterocycles. The Hall–Kier alpha value is -1.80. The smallest absolute Gasteiger partial charge is 0.343 e. The van der Waals surface area contributed by atoms with Gasteiger partial charge in [0.25, 0.3) is 5.91 Å². The molecule has 136 valence electrons. The summed E-state index contributed by atoms with van der Waals surface area (Å²) in [6.07, 6.45) is -3.20. The van der Waals surface area contributed by atoms with Gasteiger partial charge in [-0.1, -0.05) is 13.3 Å². The Morgan fingerprint density at radius 3 is 2.17 bits per heavy atom. The van der Waals surface area contributed by atoms with Crippen molar-refractivity contribution in [3.63, 3.8) is 0 Å². The number of halogens is 4. The molecule has 0 heterocycles. The number of carbonyl (C=O) groups is 2. The number of hydrogen-bond acceptors (Lipinski definition) is 3. The first-order valence-corrected chi connectivity index (χ1v) is 7.10. The summed E-state index contributed by atoms with van der Waals surface area (Å²) in [5.74, 6) is -1.21. The van der Waals surface area contributed by atoms with E-state index in [0.29, 0.717) is 12.1 Å². The van der Waals surface area contributed by atoms with Crippen LogP contribution in [0.4, 0.5) is 18.9 Å². The summed E-state index contributed by atoms with van der Waals surface area (Å²) < 4.78 is 36.1. The lowest BCUT2D eigenvalue weighted by Gasteiger charge is -2.22. The Morgan fingerprint density at radius 2 is 1.71 bits per heavy atom. The van der Waals surface area contributed by atoms with Gasteiger partial charge in [0.15, 0.2) is 0 Å². The highest BCUT2D eigenvalue weighted by atomic mass is 35.5. The summed E-state index contributed by atoms with van der Waals surface area (Å²) in [5.41, 5.74) is 5.36. The molecule has 24 heavy (non-hydrogen) atoms. The van der Waals surface area contributed by atoms with Crippen molar-refractivity contribution in [3.05, 3.63) is 29.8 Å². The fourth-order valence-corrected chi connectivity index (χ4v) is 1.89. The molecule has 0 aliphatic rings. The number of carbonyl (C=O) groups excluding carboxylic acids is 2. The Balaban J connectivity index is 0.00000529. The van der Waals surface area contributed by atoms with Gasteiger partial charge in [0.2, 0.25) is 5.91 Å². The van der Waals surface area contributed by atoms with Gasteiger partial charge in [0.1, 0.15) is 6.54 Å². The van der Waals surface area contributed by atoms with Gasteiger partial charge in [-0.05, 0) is 37.6 Å². The van der Waals surface area contributed by atoms with E-state index in [-0.39, 0.29) is 23.9 Å². The second kappa shape index (κ2) is 8.89. The predicted molar refractivity (Wildman–Crippen MR) is 88.2 cm³/mol. The third-order valence-corrected chi connectivity index (χ3v) is 3.14. The van der Waals surface area contributed by atoms with Crippen LogP contribution in [0.1, 0.15) is 37.0 Å². The third-order valence-electron chi connectivity index (χ3n) is 3.14. The minimum Gasteiger partial charge on any atom is -0.343 e. The lowest BCUT2D eigenvalue weighted by atomic mass is 9.96. The maximum Gasteiger partial charge on any atom is 0.405 e. The quantitative estimate of drug-likeness (QED) is 0.722. The SMILES string of the molecule is CCCC(C)(N)C(=O)Nc1ccc(C(=O)NCC(F)(F)F)cc1.Cl. The van der Waals surface area contributed by atoms with Crippen LogP contribution in [0, 0.1) is 0 Å². The van der Waals surface area contributed by atoms with Crippen molar-refractivity contribution < 1.29 is 22.8 Å². The maximum atomic E-state index is 12.0. The second-order valence-corrected chi connectivity index (χ2v) is 5.50. The zero-order valence-corrected chi connectivity index (χ0v) is 14.2. The molecule has 4 N–H and O–H groups in total. The van der Waals surface area contributed by atoms with Crippen LogP contribution in [0.3, 0.4) is 0 Å². The van der Waals surface area contributed by atoms with Crippen LogP contribution in [0.5, 0.6) is 0 Å². The minimum atomic E-state index is -4.46. The van der Waals surface area contributed by atoms with E-state index in [0.717, 1.165) is 6.42 Å². The topological polar surface area (TPSA) is 84.2 Å². The molecule has 0 saturated carbocycles. The monoisotopic (exact) mass is 367 g/mol. The van der Waals surface area contributed by atoms with Crippen molar-refractivity contribution in [2.45, 2.75) is 38.4 Å². The summed E-state index contributed by atoms with van der Waals surface area (Å²) in [4.78, 5) is 23.6. The second-order valence-electron chi connectivity index (χ2n) is 5.50. The molecule has 1 aromatic carbocycles. The van der Waals surface area contributed by atoms with Crippen LogP contribution in [-0.2, 0) is 4.79 Å². The molecule has 9 heteroatoms. The largest absolute Gasteiger partial charge is 0.405 e. The lowest BCUT2D eigenvalue weighted by molar-refractivity contribution is -0.123. The highest BCUT2D eigenvalue weighted by Gasteiger charge is 2.28. The molecule has 0 radical (unpaired) electrons. The zero-order chi connectivity index (χ0) is 17.7. The van der Waals surface area contributed by atoms with Crippen LogP contribution in [0.2, 0.25) is 0 Å². The molecule has 0 bridgehead atoms. The van der Waals surface area contributed by atoms with Crippen LogP contribution in [0.25, 0.3) is 0 Å². The Labute approximate surface area is 144 Å². The van der Waals surface area contributed by atoms with Crippen molar-refractivity contribution in [3.8, 4) is 0 Å². The molecule has 0 aliphatic heterocycles. The lowest BCUT2D eigenvalue weighted by Crippen LogP contribution is -2.48. The van der Waals surface area contributed by atoms with Crippen LogP contribution >= 0.6 is 12.4 Å². The zero-order valence-electron chi connectivity index (χ0n) is 13.4.